The van der Waals surface area contributed by atoms with Gasteiger partial charge in [0.05, 0.1) is 17.6 Å². The summed E-state index contributed by atoms with van der Waals surface area (Å²) in [6.45, 7) is 5.13. The van der Waals surface area contributed by atoms with Crippen LogP contribution in [0.2, 0.25) is 0 Å². The quantitative estimate of drug-likeness (QED) is 0.613. The van der Waals surface area contributed by atoms with Crippen LogP contribution < -0.4 is 4.74 Å². The van der Waals surface area contributed by atoms with E-state index in [1.54, 1.807) is 0 Å². The maximum Gasteiger partial charge on any atom is 0.119 e. The average molecular weight is 401 g/mol. The summed E-state index contributed by atoms with van der Waals surface area (Å²) >= 11 is 0. The molecule has 2 unspecified atom stereocenters. The molecule has 2 atom stereocenters. The predicted molar refractivity (Wildman–Crippen MR) is 116 cm³/mol. The van der Waals surface area contributed by atoms with E-state index in [9.17, 15) is 5.11 Å². The van der Waals surface area contributed by atoms with E-state index in [-0.39, 0.29) is 19.0 Å². The minimum Gasteiger partial charge on any atom is -0.491 e. The molecule has 0 radical (unpaired) electrons. The number of aromatic nitrogens is 2. The molecule has 0 aliphatic heterocycles. The van der Waals surface area contributed by atoms with Gasteiger partial charge in [-0.25, -0.2) is 4.98 Å². The molecule has 0 spiro atoms. The molecule has 28 heavy (non-hydrogen) atoms. The number of aryl methyl sites for hydroxylation is 2. The topological polar surface area (TPSA) is 47.3 Å². The highest BCUT2D eigenvalue weighted by molar-refractivity contribution is 5.85. The largest absolute Gasteiger partial charge is 0.491 e. The lowest BCUT2D eigenvalue weighted by atomic mass is 10.1. The molecule has 5 heteroatoms. The highest BCUT2D eigenvalue weighted by atomic mass is 35.5. The van der Waals surface area contributed by atoms with Crippen molar-refractivity contribution in [1.29, 1.82) is 0 Å². The van der Waals surface area contributed by atoms with Crippen LogP contribution in [-0.4, -0.2) is 27.4 Å². The third-order valence-corrected chi connectivity index (χ3v) is 5.64. The number of ether oxygens (including phenoxy) is 1. The van der Waals surface area contributed by atoms with Gasteiger partial charge in [0.2, 0.25) is 0 Å². The van der Waals surface area contributed by atoms with Gasteiger partial charge in [-0.05, 0) is 61.1 Å². The summed E-state index contributed by atoms with van der Waals surface area (Å²) in [6.07, 6.45) is 3.97. The van der Waals surface area contributed by atoms with Gasteiger partial charge in [0.25, 0.3) is 0 Å². The second-order valence-electron chi connectivity index (χ2n) is 7.63. The van der Waals surface area contributed by atoms with Crippen molar-refractivity contribution in [3.8, 4) is 5.75 Å². The maximum absolute atomic E-state index is 10.6. The second-order valence-corrected chi connectivity index (χ2v) is 7.63. The van der Waals surface area contributed by atoms with Crippen LogP contribution in [-0.2, 0) is 19.4 Å². The Morgan fingerprint density at radius 2 is 1.93 bits per heavy atom. The first kappa shape index (κ1) is 20.7. The number of benzene rings is 2. The molecule has 3 aromatic rings. The first-order valence-electron chi connectivity index (χ1n) is 10.0. The summed E-state index contributed by atoms with van der Waals surface area (Å²) in [5.41, 5.74) is 4.89. The van der Waals surface area contributed by atoms with Crippen LogP contribution in [0.15, 0.2) is 42.5 Å². The number of aliphatic hydroxyl groups is 1. The first-order chi connectivity index (χ1) is 13.2. The van der Waals surface area contributed by atoms with Crippen molar-refractivity contribution in [2.75, 3.05) is 6.61 Å². The molecule has 1 aliphatic rings. The van der Waals surface area contributed by atoms with Gasteiger partial charge in [-0.2, -0.15) is 0 Å². The van der Waals surface area contributed by atoms with Crippen molar-refractivity contribution in [2.45, 2.75) is 58.1 Å². The molecule has 0 fully saturated rings. The van der Waals surface area contributed by atoms with E-state index in [4.69, 9.17) is 9.72 Å². The number of hydrogen-bond donors (Lipinski definition) is 1. The third-order valence-electron chi connectivity index (χ3n) is 5.64. The Morgan fingerprint density at radius 3 is 2.75 bits per heavy atom. The number of imidazole rings is 1. The van der Waals surface area contributed by atoms with Crippen LogP contribution in [0.5, 0.6) is 5.75 Å². The molecule has 1 heterocycles. The fourth-order valence-electron chi connectivity index (χ4n) is 3.94. The van der Waals surface area contributed by atoms with E-state index in [1.807, 2.05) is 24.3 Å². The van der Waals surface area contributed by atoms with Crippen molar-refractivity contribution in [3.63, 3.8) is 0 Å². The van der Waals surface area contributed by atoms with Crippen LogP contribution in [0.25, 0.3) is 11.0 Å². The summed E-state index contributed by atoms with van der Waals surface area (Å²) in [5.74, 6) is 2.24. The number of para-hydroxylation sites is 2. The molecule has 1 aliphatic carbocycles. The van der Waals surface area contributed by atoms with E-state index in [0.29, 0.717) is 12.5 Å². The van der Waals surface area contributed by atoms with E-state index < -0.39 is 6.10 Å². The fraction of sp³-hybridized carbons (Fsp3) is 0.435. The van der Waals surface area contributed by atoms with Crippen LogP contribution in [0, 0.1) is 0 Å². The zero-order chi connectivity index (χ0) is 18.8. The monoisotopic (exact) mass is 400 g/mol. The molecule has 0 bridgehead atoms. The summed E-state index contributed by atoms with van der Waals surface area (Å²) in [7, 11) is 0. The van der Waals surface area contributed by atoms with Crippen molar-refractivity contribution in [3.05, 3.63) is 59.4 Å². The molecule has 0 saturated heterocycles. The smallest absolute Gasteiger partial charge is 0.119 e. The van der Waals surface area contributed by atoms with Gasteiger partial charge in [0, 0.05) is 5.92 Å². The lowest BCUT2D eigenvalue weighted by molar-refractivity contribution is 0.0924. The van der Waals surface area contributed by atoms with Gasteiger partial charge in [-0.1, -0.05) is 32.0 Å². The second kappa shape index (κ2) is 8.97. The number of hydrogen-bond acceptors (Lipinski definition) is 3. The minimum absolute atomic E-state index is 0. The van der Waals surface area contributed by atoms with E-state index >= 15 is 0 Å². The maximum atomic E-state index is 10.6. The van der Waals surface area contributed by atoms with Crippen molar-refractivity contribution >= 4 is 23.4 Å². The summed E-state index contributed by atoms with van der Waals surface area (Å²) in [6, 6.07) is 14.4. The Balaban J connectivity index is 0.00000225. The van der Waals surface area contributed by atoms with E-state index in [1.165, 1.54) is 24.0 Å². The zero-order valence-corrected chi connectivity index (χ0v) is 17.4. The fourth-order valence-corrected chi connectivity index (χ4v) is 3.94. The standard InChI is InChI=1S/C23H28N2O2.ClH/c1-3-16(2)23-24-21-9-4-5-10-22(21)25(23)14-19(26)15-27-20-12-11-17-7-6-8-18(17)13-20;/h4-5,9-13,16,19,26H,3,6-8,14-15H2,1-2H3;1H. The van der Waals surface area contributed by atoms with Crippen LogP contribution in [0.1, 0.15) is 49.6 Å². The van der Waals surface area contributed by atoms with E-state index in [0.717, 1.165) is 35.4 Å². The SMILES string of the molecule is CCC(C)c1nc2ccccc2n1CC(O)COc1ccc2c(c1)CCC2.Cl. The Morgan fingerprint density at radius 1 is 1.14 bits per heavy atom. The van der Waals surface area contributed by atoms with Crippen LogP contribution >= 0.6 is 12.4 Å². The third kappa shape index (κ3) is 4.18. The number of fused-ring (bicyclic) bond motifs is 2. The molecule has 1 N–H and O–H groups in total. The van der Waals surface area contributed by atoms with Crippen molar-refractivity contribution in [1.82, 2.24) is 9.55 Å². The van der Waals surface area contributed by atoms with Crippen LogP contribution in [0.3, 0.4) is 0 Å². The molecule has 0 amide bonds. The highest BCUT2D eigenvalue weighted by Crippen LogP contribution is 2.27. The lowest BCUT2D eigenvalue weighted by Crippen LogP contribution is -2.25. The molecular formula is C23H29ClN2O2. The summed E-state index contributed by atoms with van der Waals surface area (Å²) < 4.78 is 8.05. The number of nitrogens with zero attached hydrogens (tertiary/aromatic N) is 2. The van der Waals surface area contributed by atoms with Gasteiger partial charge < -0.3 is 14.4 Å². The predicted octanol–water partition coefficient (Wildman–Crippen LogP) is 4.90. The van der Waals surface area contributed by atoms with Gasteiger partial charge in [-0.15, -0.1) is 12.4 Å². The highest BCUT2D eigenvalue weighted by Gasteiger charge is 2.18. The molecular weight excluding hydrogens is 372 g/mol. The van der Waals surface area contributed by atoms with Crippen LogP contribution in [0.4, 0.5) is 0 Å². The molecule has 4 nitrogen and oxygen atoms in total. The Kier molecular flexibility index (Phi) is 6.63. The number of halogens is 1. The minimum atomic E-state index is -0.585. The Labute approximate surface area is 173 Å². The lowest BCUT2D eigenvalue weighted by Gasteiger charge is -2.18. The van der Waals surface area contributed by atoms with Gasteiger partial charge in [0.15, 0.2) is 0 Å². The van der Waals surface area contributed by atoms with Gasteiger partial charge >= 0.3 is 0 Å². The zero-order valence-electron chi connectivity index (χ0n) is 16.6. The molecule has 2 aromatic carbocycles. The van der Waals surface area contributed by atoms with E-state index in [2.05, 4.69) is 36.6 Å². The first-order valence-corrected chi connectivity index (χ1v) is 10.0. The normalized spacial score (nSPS) is 15.1. The Hall–Kier alpha value is -2.04. The summed E-state index contributed by atoms with van der Waals surface area (Å²) in [5, 5.41) is 10.6. The molecule has 0 saturated carbocycles. The molecule has 4 rings (SSSR count). The summed E-state index contributed by atoms with van der Waals surface area (Å²) in [4.78, 5) is 4.81. The molecule has 150 valence electrons. The number of rotatable bonds is 7. The van der Waals surface area contributed by atoms with Crippen molar-refractivity contribution in [2.24, 2.45) is 0 Å². The molecule has 1 aromatic heterocycles. The average Bonchev–Trinajstić information content (AvgIpc) is 3.30. The Bertz CT molecular complexity index is 937. The van der Waals surface area contributed by atoms with Crippen molar-refractivity contribution < 1.29 is 9.84 Å². The van der Waals surface area contributed by atoms with Gasteiger partial charge in [-0.3, -0.25) is 0 Å². The van der Waals surface area contributed by atoms with Gasteiger partial charge in [0.1, 0.15) is 24.3 Å². The number of aliphatic hydroxyl groups excluding tert-OH is 1.